The molecule has 2 fully saturated rings. The zero-order chi connectivity index (χ0) is 25.7. The molecule has 3 heterocycles. The molecule has 0 unspecified atom stereocenters. The van der Waals surface area contributed by atoms with Crippen molar-refractivity contribution in [1.82, 2.24) is 30.5 Å². The van der Waals surface area contributed by atoms with Crippen molar-refractivity contribution in [3.63, 3.8) is 0 Å². The first kappa shape index (κ1) is 25.0. The molecule has 2 aromatic heterocycles. The first-order chi connectivity index (χ1) is 18.0. The summed E-state index contributed by atoms with van der Waals surface area (Å²) in [4.78, 5) is 39.7. The van der Waals surface area contributed by atoms with Gasteiger partial charge >= 0.3 is 0 Å². The predicted molar refractivity (Wildman–Crippen MR) is 138 cm³/mol. The Kier molecular flexibility index (Phi) is 7.52. The number of aromatic nitrogens is 3. The maximum atomic E-state index is 12.6. The van der Waals surface area contributed by atoms with Gasteiger partial charge in [-0.3, -0.25) is 14.6 Å². The second-order valence-corrected chi connectivity index (χ2v) is 9.85. The fourth-order valence-corrected chi connectivity index (χ4v) is 5.18. The van der Waals surface area contributed by atoms with Crippen LogP contribution in [0.2, 0.25) is 0 Å². The molecule has 3 N–H and O–H groups in total. The summed E-state index contributed by atoms with van der Waals surface area (Å²) in [5, 5.41) is 17.7. The lowest BCUT2D eigenvalue weighted by Gasteiger charge is -2.37. The first-order valence-electron chi connectivity index (χ1n) is 12.8. The molecule has 2 amide bonds. The quantitative estimate of drug-likeness (QED) is 0.455. The molecule has 0 bridgehead atoms. The molecular formula is C28H32N6O3. The Balaban J connectivity index is 1.07. The Morgan fingerprint density at radius 2 is 1.70 bits per heavy atom. The van der Waals surface area contributed by atoms with Gasteiger partial charge in [0.2, 0.25) is 5.91 Å². The topological polar surface area (TPSA) is 120 Å². The SMILES string of the molecule is O=C(NCC(=O)N1CC[C@H](NC2CCC(O)(c3ccc(-c4ncccn4)cn3)CC2)C1)c1ccccc1. The lowest BCUT2D eigenvalue weighted by molar-refractivity contribution is -0.129. The van der Waals surface area contributed by atoms with Crippen LogP contribution < -0.4 is 10.6 Å². The van der Waals surface area contributed by atoms with Crippen molar-refractivity contribution in [1.29, 1.82) is 0 Å². The molecule has 5 rings (SSSR count). The fraction of sp³-hybridized carbons (Fsp3) is 0.393. The van der Waals surface area contributed by atoms with Gasteiger partial charge < -0.3 is 20.6 Å². The molecule has 2 aliphatic rings. The summed E-state index contributed by atoms with van der Waals surface area (Å²) in [6.07, 6.45) is 8.91. The highest BCUT2D eigenvalue weighted by molar-refractivity contribution is 5.96. The van der Waals surface area contributed by atoms with E-state index < -0.39 is 5.60 Å². The van der Waals surface area contributed by atoms with E-state index in [2.05, 4.69) is 25.6 Å². The van der Waals surface area contributed by atoms with Crippen LogP contribution in [0.15, 0.2) is 67.1 Å². The molecule has 3 aromatic rings. The lowest BCUT2D eigenvalue weighted by Crippen LogP contribution is -2.46. The summed E-state index contributed by atoms with van der Waals surface area (Å²) < 4.78 is 0. The molecule has 0 radical (unpaired) electrons. The monoisotopic (exact) mass is 500 g/mol. The minimum absolute atomic E-state index is 0.000897. The third kappa shape index (κ3) is 6.00. The van der Waals surface area contributed by atoms with E-state index in [-0.39, 0.29) is 30.4 Å². The van der Waals surface area contributed by atoms with E-state index in [9.17, 15) is 14.7 Å². The van der Waals surface area contributed by atoms with Gasteiger partial charge in [0.1, 0.15) is 5.60 Å². The second kappa shape index (κ2) is 11.1. The van der Waals surface area contributed by atoms with E-state index in [4.69, 9.17) is 0 Å². The summed E-state index contributed by atoms with van der Waals surface area (Å²) in [5.41, 5.74) is 1.11. The van der Waals surface area contributed by atoms with Gasteiger partial charge in [-0.15, -0.1) is 0 Å². The average molecular weight is 501 g/mol. The Morgan fingerprint density at radius 3 is 2.41 bits per heavy atom. The number of hydrogen-bond acceptors (Lipinski definition) is 7. The van der Waals surface area contributed by atoms with Crippen molar-refractivity contribution < 1.29 is 14.7 Å². The van der Waals surface area contributed by atoms with Crippen molar-refractivity contribution in [3.8, 4) is 11.4 Å². The van der Waals surface area contributed by atoms with Crippen LogP contribution in [0.5, 0.6) is 0 Å². The molecule has 1 atom stereocenters. The Bertz CT molecular complexity index is 1200. The first-order valence-corrected chi connectivity index (χ1v) is 12.8. The molecule has 1 aliphatic heterocycles. The number of amides is 2. The van der Waals surface area contributed by atoms with Gasteiger partial charge in [-0.1, -0.05) is 18.2 Å². The molecule has 37 heavy (non-hydrogen) atoms. The van der Waals surface area contributed by atoms with Gasteiger partial charge in [0.25, 0.3) is 5.91 Å². The largest absolute Gasteiger partial charge is 0.384 e. The second-order valence-electron chi connectivity index (χ2n) is 9.85. The number of benzene rings is 1. The smallest absolute Gasteiger partial charge is 0.251 e. The molecule has 1 saturated carbocycles. The van der Waals surface area contributed by atoms with Gasteiger partial charge in [-0.25, -0.2) is 9.97 Å². The van der Waals surface area contributed by atoms with Crippen LogP contribution in [0, 0.1) is 0 Å². The Labute approximate surface area is 216 Å². The summed E-state index contributed by atoms with van der Waals surface area (Å²) in [5.74, 6) is 0.307. The molecule has 1 aliphatic carbocycles. The number of carbonyl (C=O) groups excluding carboxylic acids is 2. The molecule has 192 valence electrons. The van der Waals surface area contributed by atoms with E-state index in [1.54, 1.807) is 48.9 Å². The number of likely N-dealkylation sites (tertiary alicyclic amines) is 1. The number of carbonyl (C=O) groups is 2. The maximum Gasteiger partial charge on any atom is 0.251 e. The van der Waals surface area contributed by atoms with Crippen molar-refractivity contribution in [2.45, 2.75) is 49.8 Å². The molecule has 0 spiro atoms. The van der Waals surface area contributed by atoms with E-state index in [1.165, 1.54) is 0 Å². The summed E-state index contributed by atoms with van der Waals surface area (Å²) in [6, 6.07) is 15.0. The zero-order valence-electron chi connectivity index (χ0n) is 20.7. The molecular weight excluding hydrogens is 468 g/mol. The highest BCUT2D eigenvalue weighted by Crippen LogP contribution is 2.36. The Hall–Kier alpha value is -3.69. The standard InChI is InChI=1S/C28H32N6O3/c35-25(18-32-27(36)20-5-2-1-3-6-20)34-16-11-23(19-34)33-22-9-12-28(37,13-10-22)24-8-7-21(17-31-24)26-29-14-4-15-30-26/h1-8,14-15,17,22-23,33,37H,9-13,16,18-19H2,(H,32,36)/t22?,23-,28?/m0/s1. The van der Waals surface area contributed by atoms with Crippen LogP contribution in [0.1, 0.15) is 48.2 Å². The number of aliphatic hydroxyl groups is 1. The highest BCUT2D eigenvalue weighted by Gasteiger charge is 2.37. The fourth-order valence-electron chi connectivity index (χ4n) is 5.18. The third-order valence-electron chi connectivity index (χ3n) is 7.33. The van der Waals surface area contributed by atoms with Gasteiger partial charge in [0.05, 0.1) is 12.2 Å². The number of nitrogens with zero attached hydrogens (tertiary/aromatic N) is 4. The van der Waals surface area contributed by atoms with Gasteiger partial charge in [-0.2, -0.15) is 0 Å². The van der Waals surface area contributed by atoms with Crippen LogP contribution in [0.4, 0.5) is 0 Å². The Morgan fingerprint density at radius 1 is 0.946 bits per heavy atom. The van der Waals surface area contributed by atoms with Crippen molar-refractivity contribution in [2.75, 3.05) is 19.6 Å². The van der Waals surface area contributed by atoms with Crippen molar-refractivity contribution in [2.24, 2.45) is 0 Å². The van der Waals surface area contributed by atoms with Crippen molar-refractivity contribution >= 4 is 11.8 Å². The maximum absolute atomic E-state index is 12.6. The summed E-state index contributed by atoms with van der Waals surface area (Å²) >= 11 is 0. The van der Waals surface area contributed by atoms with E-state index in [1.807, 2.05) is 23.1 Å². The van der Waals surface area contributed by atoms with E-state index in [0.29, 0.717) is 43.0 Å². The third-order valence-corrected chi connectivity index (χ3v) is 7.33. The van der Waals surface area contributed by atoms with Crippen LogP contribution in [0.25, 0.3) is 11.4 Å². The summed E-state index contributed by atoms with van der Waals surface area (Å²) in [6.45, 7) is 1.31. The van der Waals surface area contributed by atoms with E-state index in [0.717, 1.165) is 24.8 Å². The number of rotatable bonds is 7. The normalized spacial score (nSPS) is 23.5. The molecule has 1 aromatic carbocycles. The number of pyridine rings is 1. The minimum Gasteiger partial charge on any atom is -0.384 e. The van der Waals surface area contributed by atoms with Crippen LogP contribution >= 0.6 is 0 Å². The minimum atomic E-state index is -0.942. The van der Waals surface area contributed by atoms with Crippen molar-refractivity contribution in [3.05, 3.63) is 78.4 Å². The lowest BCUT2D eigenvalue weighted by atomic mass is 9.79. The predicted octanol–water partition coefficient (Wildman–Crippen LogP) is 2.29. The van der Waals surface area contributed by atoms with Crippen LogP contribution in [0.3, 0.4) is 0 Å². The van der Waals surface area contributed by atoms with Gasteiger partial charge in [0, 0.05) is 54.9 Å². The average Bonchev–Trinajstić information content (AvgIpc) is 3.42. The number of hydrogen-bond donors (Lipinski definition) is 3. The molecule has 9 heteroatoms. The molecule has 1 saturated heterocycles. The zero-order valence-corrected chi connectivity index (χ0v) is 20.7. The molecule has 9 nitrogen and oxygen atoms in total. The summed E-state index contributed by atoms with van der Waals surface area (Å²) in [7, 11) is 0. The van der Waals surface area contributed by atoms with Gasteiger partial charge in [0.15, 0.2) is 5.82 Å². The van der Waals surface area contributed by atoms with Gasteiger partial charge in [-0.05, 0) is 62.4 Å². The number of nitrogens with one attached hydrogen (secondary N) is 2. The van der Waals surface area contributed by atoms with E-state index >= 15 is 0 Å². The van der Waals surface area contributed by atoms with Crippen LogP contribution in [-0.2, 0) is 10.4 Å². The highest BCUT2D eigenvalue weighted by atomic mass is 16.3. The van der Waals surface area contributed by atoms with Crippen LogP contribution in [-0.4, -0.2) is 68.5 Å².